The molecule has 35 heavy (non-hydrogen) atoms. The number of nitrogens with zero attached hydrogens (tertiary/aromatic N) is 5. The first-order valence-corrected chi connectivity index (χ1v) is 12.5. The molecule has 7 nitrogen and oxygen atoms in total. The summed E-state index contributed by atoms with van der Waals surface area (Å²) in [7, 11) is 0. The van der Waals surface area contributed by atoms with E-state index in [0.29, 0.717) is 5.88 Å². The lowest BCUT2D eigenvalue weighted by molar-refractivity contribution is -0.136. The number of benzene rings is 2. The number of halogens is 1. The molecule has 3 heterocycles. The minimum atomic E-state index is 0.0470. The van der Waals surface area contributed by atoms with Gasteiger partial charge in [0.1, 0.15) is 5.75 Å². The lowest BCUT2D eigenvalue weighted by atomic mass is 9.95. The van der Waals surface area contributed by atoms with E-state index in [9.17, 15) is 4.79 Å². The Morgan fingerprint density at radius 1 is 0.886 bits per heavy atom. The molecular weight excluding hydrogens is 462 g/mol. The number of ether oxygens (including phenoxy) is 1. The van der Waals surface area contributed by atoms with E-state index in [1.165, 1.54) is 0 Å². The van der Waals surface area contributed by atoms with Crippen molar-refractivity contribution in [3.63, 3.8) is 0 Å². The normalized spacial score (nSPS) is 16.9. The van der Waals surface area contributed by atoms with E-state index >= 15 is 0 Å². The van der Waals surface area contributed by atoms with E-state index in [2.05, 4.69) is 19.8 Å². The lowest BCUT2D eigenvalue weighted by Crippen LogP contribution is -2.51. The van der Waals surface area contributed by atoms with Gasteiger partial charge in [0.15, 0.2) is 5.82 Å². The molecule has 2 fully saturated rings. The zero-order valence-corrected chi connectivity index (χ0v) is 20.7. The average Bonchev–Trinajstić information content (AvgIpc) is 2.91. The summed E-state index contributed by atoms with van der Waals surface area (Å²) < 4.78 is 6.11. The number of amides is 1. The fraction of sp³-hybridized carbons (Fsp3) is 0.370. The molecule has 5 rings (SSSR count). The third-order valence-electron chi connectivity index (χ3n) is 6.87. The van der Waals surface area contributed by atoms with Crippen LogP contribution in [0.3, 0.4) is 0 Å². The molecule has 0 spiro atoms. The maximum Gasteiger partial charge on any atom is 0.263 e. The van der Waals surface area contributed by atoms with Crippen LogP contribution in [0.25, 0.3) is 0 Å². The number of aryl methyl sites for hydroxylation is 1. The third kappa shape index (κ3) is 5.35. The summed E-state index contributed by atoms with van der Waals surface area (Å²) >= 11 is 6.01. The number of carbonyl (C=O) groups excluding carboxylic acids is 1. The van der Waals surface area contributed by atoms with Crippen molar-refractivity contribution in [3.05, 3.63) is 71.5 Å². The lowest BCUT2D eigenvalue weighted by Gasteiger charge is -2.39. The van der Waals surface area contributed by atoms with Gasteiger partial charge in [-0.3, -0.25) is 4.79 Å². The van der Waals surface area contributed by atoms with Crippen LogP contribution in [-0.4, -0.2) is 60.0 Å². The SMILES string of the molecule is Cc1ccccc1Oc1nccnc1N1CCC(C(=O)N2CCN(c3ccc(Cl)cc3)CC2)CC1. The van der Waals surface area contributed by atoms with Gasteiger partial charge in [-0.2, -0.15) is 0 Å². The highest BCUT2D eigenvalue weighted by molar-refractivity contribution is 6.30. The van der Waals surface area contributed by atoms with Crippen molar-refractivity contribution in [2.75, 3.05) is 49.1 Å². The van der Waals surface area contributed by atoms with Crippen LogP contribution >= 0.6 is 11.6 Å². The fourth-order valence-electron chi connectivity index (χ4n) is 4.82. The van der Waals surface area contributed by atoms with Crippen LogP contribution < -0.4 is 14.5 Å². The molecule has 1 aromatic heterocycles. The highest BCUT2D eigenvalue weighted by Gasteiger charge is 2.32. The van der Waals surface area contributed by atoms with Crippen molar-refractivity contribution in [3.8, 4) is 11.6 Å². The average molecular weight is 492 g/mol. The molecule has 0 radical (unpaired) electrons. The van der Waals surface area contributed by atoms with Gasteiger partial charge in [-0.05, 0) is 55.7 Å². The maximum absolute atomic E-state index is 13.2. The molecule has 0 unspecified atom stereocenters. The summed E-state index contributed by atoms with van der Waals surface area (Å²) in [6.07, 6.45) is 4.95. The molecule has 0 N–H and O–H groups in total. The number of piperidine rings is 1. The quantitative estimate of drug-likeness (QED) is 0.511. The zero-order valence-electron chi connectivity index (χ0n) is 19.9. The van der Waals surface area contributed by atoms with E-state index in [1.54, 1.807) is 12.4 Å². The monoisotopic (exact) mass is 491 g/mol. The van der Waals surface area contributed by atoms with Gasteiger partial charge in [0, 0.05) is 68.3 Å². The molecule has 0 atom stereocenters. The zero-order chi connectivity index (χ0) is 24.2. The minimum absolute atomic E-state index is 0.0470. The number of carbonyl (C=O) groups is 1. The van der Waals surface area contributed by atoms with Crippen molar-refractivity contribution in [1.82, 2.24) is 14.9 Å². The first-order valence-electron chi connectivity index (χ1n) is 12.2. The molecule has 1 amide bonds. The largest absolute Gasteiger partial charge is 0.436 e. The summed E-state index contributed by atoms with van der Waals surface area (Å²) in [5.41, 5.74) is 2.20. The Bertz CT molecular complexity index is 1160. The molecule has 2 saturated heterocycles. The first-order chi connectivity index (χ1) is 17.1. The predicted molar refractivity (Wildman–Crippen MR) is 138 cm³/mol. The Kier molecular flexibility index (Phi) is 7.04. The van der Waals surface area contributed by atoms with Crippen molar-refractivity contribution in [1.29, 1.82) is 0 Å². The Hall–Kier alpha value is -3.32. The molecule has 2 aliphatic heterocycles. The number of hydrogen-bond donors (Lipinski definition) is 0. The number of rotatable bonds is 5. The van der Waals surface area contributed by atoms with Crippen molar-refractivity contribution in [2.45, 2.75) is 19.8 Å². The molecule has 3 aromatic rings. The topological polar surface area (TPSA) is 61.8 Å². The smallest absolute Gasteiger partial charge is 0.263 e. The summed E-state index contributed by atoms with van der Waals surface area (Å²) in [4.78, 5) is 28.8. The molecule has 0 saturated carbocycles. The third-order valence-corrected chi connectivity index (χ3v) is 7.13. The Morgan fingerprint density at radius 3 is 2.29 bits per heavy atom. The number of para-hydroxylation sites is 1. The van der Waals surface area contributed by atoms with Gasteiger partial charge < -0.3 is 19.4 Å². The Labute approximate surface area is 211 Å². The summed E-state index contributed by atoms with van der Waals surface area (Å²) in [5.74, 6) is 2.34. The Balaban J connectivity index is 1.16. The fourth-order valence-corrected chi connectivity index (χ4v) is 4.94. The maximum atomic E-state index is 13.2. The standard InChI is InChI=1S/C27H30ClN5O2/c1-20-4-2-3-5-24(20)35-26-25(29-12-13-30-26)32-14-10-21(11-15-32)27(34)33-18-16-31(17-19-33)23-8-6-22(28)7-9-23/h2-9,12-13,21H,10-11,14-19H2,1H3. The number of hydrogen-bond acceptors (Lipinski definition) is 6. The van der Waals surface area contributed by atoms with Crippen molar-refractivity contribution >= 4 is 29.0 Å². The molecule has 182 valence electrons. The van der Waals surface area contributed by atoms with Gasteiger partial charge in [-0.15, -0.1) is 0 Å². The molecule has 2 aliphatic rings. The van der Waals surface area contributed by atoms with Crippen LogP contribution in [0.2, 0.25) is 5.02 Å². The summed E-state index contributed by atoms with van der Waals surface area (Å²) in [5, 5.41) is 0.740. The van der Waals surface area contributed by atoms with Gasteiger partial charge in [-0.1, -0.05) is 29.8 Å². The Morgan fingerprint density at radius 2 is 1.57 bits per heavy atom. The van der Waals surface area contributed by atoms with Gasteiger partial charge in [-0.25, -0.2) is 9.97 Å². The van der Waals surface area contributed by atoms with Gasteiger partial charge >= 0.3 is 0 Å². The van der Waals surface area contributed by atoms with Crippen LogP contribution in [0.4, 0.5) is 11.5 Å². The molecule has 0 bridgehead atoms. The second-order valence-electron chi connectivity index (χ2n) is 9.10. The van der Waals surface area contributed by atoms with Gasteiger partial charge in [0.25, 0.3) is 5.88 Å². The highest BCUT2D eigenvalue weighted by atomic mass is 35.5. The van der Waals surface area contributed by atoms with E-state index in [4.69, 9.17) is 16.3 Å². The second kappa shape index (κ2) is 10.5. The first kappa shape index (κ1) is 23.4. The van der Waals surface area contributed by atoms with E-state index in [1.807, 2.05) is 60.4 Å². The summed E-state index contributed by atoms with van der Waals surface area (Å²) in [6, 6.07) is 15.8. The predicted octanol–water partition coefficient (Wildman–Crippen LogP) is 4.80. The van der Waals surface area contributed by atoms with Gasteiger partial charge in [0.2, 0.25) is 5.91 Å². The number of aromatic nitrogens is 2. The van der Waals surface area contributed by atoms with Crippen LogP contribution in [-0.2, 0) is 4.79 Å². The number of piperazine rings is 1. The van der Waals surface area contributed by atoms with Crippen LogP contribution in [0.15, 0.2) is 60.9 Å². The minimum Gasteiger partial charge on any atom is -0.436 e. The van der Waals surface area contributed by atoms with E-state index in [0.717, 1.165) is 80.0 Å². The second-order valence-corrected chi connectivity index (χ2v) is 9.54. The van der Waals surface area contributed by atoms with E-state index < -0.39 is 0 Å². The highest BCUT2D eigenvalue weighted by Crippen LogP contribution is 2.32. The van der Waals surface area contributed by atoms with Crippen LogP contribution in [0.5, 0.6) is 11.6 Å². The van der Waals surface area contributed by atoms with Crippen molar-refractivity contribution < 1.29 is 9.53 Å². The molecule has 2 aromatic carbocycles. The molecule has 8 heteroatoms. The van der Waals surface area contributed by atoms with Crippen LogP contribution in [0.1, 0.15) is 18.4 Å². The van der Waals surface area contributed by atoms with Crippen LogP contribution in [0, 0.1) is 12.8 Å². The molecular formula is C27H30ClN5O2. The summed E-state index contributed by atoms with van der Waals surface area (Å²) in [6.45, 7) is 6.70. The molecule has 0 aliphatic carbocycles. The number of anilines is 2. The van der Waals surface area contributed by atoms with Gasteiger partial charge in [0.05, 0.1) is 0 Å². The van der Waals surface area contributed by atoms with E-state index in [-0.39, 0.29) is 11.8 Å². The van der Waals surface area contributed by atoms with Crippen molar-refractivity contribution in [2.24, 2.45) is 5.92 Å².